The monoisotopic (exact) mass is 417 g/mol. The molecule has 156 valence electrons. The largest absolute Gasteiger partial charge is 0.326 e. The number of nitrogens with one attached hydrogen (secondary N) is 1. The molecule has 0 fully saturated rings. The lowest BCUT2D eigenvalue weighted by molar-refractivity contribution is -0.117. The Balaban J connectivity index is 1.50. The van der Waals surface area contributed by atoms with Crippen molar-refractivity contribution in [3.63, 3.8) is 0 Å². The van der Waals surface area contributed by atoms with E-state index >= 15 is 0 Å². The minimum atomic E-state index is -0.341. The quantitative estimate of drug-likeness (QED) is 0.412. The zero-order valence-electron chi connectivity index (χ0n) is 18.0. The van der Waals surface area contributed by atoms with Gasteiger partial charge in [-0.3, -0.25) is 9.78 Å². The molecule has 0 radical (unpaired) electrons. The molecule has 0 saturated carbocycles. The summed E-state index contributed by atoms with van der Waals surface area (Å²) in [4.78, 5) is 17.1. The third-order valence-corrected chi connectivity index (χ3v) is 5.52. The summed E-state index contributed by atoms with van der Waals surface area (Å²) in [5, 5.41) is 12.4. The average Bonchev–Trinajstić information content (AvgIpc) is 2.84. The van der Waals surface area contributed by atoms with E-state index in [1.165, 1.54) is 0 Å². The second kappa shape index (κ2) is 9.28. The van der Waals surface area contributed by atoms with E-state index in [4.69, 9.17) is 0 Å². The highest BCUT2D eigenvalue weighted by atomic mass is 16.1. The van der Waals surface area contributed by atoms with Crippen LogP contribution in [-0.4, -0.2) is 10.9 Å². The van der Waals surface area contributed by atoms with Crippen LogP contribution >= 0.6 is 0 Å². The number of hydrogen-bond acceptors (Lipinski definition) is 3. The molecule has 0 bridgehead atoms. The first-order valence-corrected chi connectivity index (χ1v) is 10.5. The summed E-state index contributed by atoms with van der Waals surface area (Å²) in [7, 11) is 0. The molecule has 4 nitrogen and oxygen atoms in total. The molecule has 0 spiro atoms. The van der Waals surface area contributed by atoms with Gasteiger partial charge in [-0.05, 0) is 72.0 Å². The van der Waals surface area contributed by atoms with Gasteiger partial charge in [-0.15, -0.1) is 0 Å². The second-order valence-electron chi connectivity index (χ2n) is 7.76. The van der Waals surface area contributed by atoms with Gasteiger partial charge in [0.2, 0.25) is 5.91 Å². The molecule has 0 aliphatic carbocycles. The molecule has 1 atom stereocenters. The maximum absolute atomic E-state index is 12.9. The number of carbonyl (C=O) groups excluding carboxylic acids is 1. The summed E-state index contributed by atoms with van der Waals surface area (Å²) in [5.41, 5.74) is 7.20. The molecular weight excluding hydrogens is 394 g/mol. The van der Waals surface area contributed by atoms with Crippen molar-refractivity contribution in [1.82, 2.24) is 4.98 Å². The Kier molecular flexibility index (Phi) is 6.10. The highest BCUT2D eigenvalue weighted by Gasteiger charge is 2.16. The normalized spacial score (nSPS) is 11.4. The summed E-state index contributed by atoms with van der Waals surface area (Å²) in [6, 6.07) is 29.4. The number of amides is 1. The lowest BCUT2D eigenvalue weighted by Crippen LogP contribution is -2.18. The molecule has 1 heterocycles. The van der Waals surface area contributed by atoms with Crippen molar-refractivity contribution in [3.8, 4) is 28.3 Å². The van der Waals surface area contributed by atoms with E-state index in [2.05, 4.69) is 16.4 Å². The number of carbonyl (C=O) groups is 1. The maximum Gasteiger partial charge on any atom is 0.231 e. The highest BCUT2D eigenvalue weighted by molar-refractivity contribution is 5.96. The fourth-order valence-corrected chi connectivity index (χ4v) is 3.68. The van der Waals surface area contributed by atoms with Gasteiger partial charge < -0.3 is 5.32 Å². The fourth-order valence-electron chi connectivity index (χ4n) is 3.68. The summed E-state index contributed by atoms with van der Waals surface area (Å²) in [5.74, 6) is -0.421. The number of hydrogen-bond donors (Lipinski definition) is 1. The van der Waals surface area contributed by atoms with Gasteiger partial charge in [0, 0.05) is 17.6 Å². The summed E-state index contributed by atoms with van der Waals surface area (Å²) < 4.78 is 0. The molecule has 1 amide bonds. The van der Waals surface area contributed by atoms with E-state index in [0.29, 0.717) is 5.56 Å². The molecule has 0 aliphatic heterocycles. The van der Waals surface area contributed by atoms with Crippen LogP contribution in [-0.2, 0) is 4.79 Å². The van der Waals surface area contributed by atoms with Gasteiger partial charge in [0.25, 0.3) is 0 Å². The SMILES string of the molecule is Cc1cc(-c2ccc(NC(=O)C(C)c3cccc(-c4ccccc4C#N)c3)cc2)ccn1. The molecule has 0 saturated heterocycles. The first kappa shape index (κ1) is 21.0. The standard InChI is InChI=1S/C28H23N3O/c1-19-16-23(14-15-30-19)21-10-12-26(13-11-21)31-28(32)20(2)22-7-5-8-24(17-22)27-9-4-3-6-25(27)18-29/h3-17,20H,1-2H3,(H,31,32). The zero-order valence-corrected chi connectivity index (χ0v) is 18.0. The van der Waals surface area contributed by atoms with Crippen LogP contribution in [0.25, 0.3) is 22.3 Å². The van der Waals surface area contributed by atoms with E-state index in [9.17, 15) is 10.1 Å². The Labute approximate surface area is 188 Å². The van der Waals surface area contributed by atoms with E-state index in [1.807, 2.05) is 92.7 Å². The summed E-state index contributed by atoms with van der Waals surface area (Å²) >= 11 is 0. The molecule has 1 aromatic heterocycles. The minimum absolute atomic E-state index is 0.0803. The molecule has 1 N–H and O–H groups in total. The Bertz CT molecular complexity index is 1300. The number of rotatable bonds is 5. The zero-order chi connectivity index (χ0) is 22.5. The van der Waals surface area contributed by atoms with Gasteiger partial charge in [-0.1, -0.05) is 54.6 Å². The lowest BCUT2D eigenvalue weighted by Gasteiger charge is -2.15. The van der Waals surface area contributed by atoms with Crippen molar-refractivity contribution in [2.24, 2.45) is 0 Å². The fraction of sp³-hybridized carbons (Fsp3) is 0.107. The van der Waals surface area contributed by atoms with Crippen molar-refractivity contribution in [2.75, 3.05) is 5.32 Å². The smallest absolute Gasteiger partial charge is 0.231 e. The van der Waals surface area contributed by atoms with E-state index in [1.54, 1.807) is 12.3 Å². The van der Waals surface area contributed by atoms with Crippen LogP contribution < -0.4 is 5.32 Å². The summed E-state index contributed by atoms with van der Waals surface area (Å²) in [6.07, 6.45) is 1.80. The molecule has 4 rings (SSSR count). The number of nitrogens with zero attached hydrogens (tertiary/aromatic N) is 2. The Morgan fingerprint density at radius 1 is 0.906 bits per heavy atom. The van der Waals surface area contributed by atoms with E-state index in [-0.39, 0.29) is 11.8 Å². The molecule has 3 aromatic carbocycles. The molecule has 4 heteroatoms. The number of anilines is 1. The number of pyridine rings is 1. The van der Waals surface area contributed by atoms with Crippen LogP contribution in [0.4, 0.5) is 5.69 Å². The molecule has 32 heavy (non-hydrogen) atoms. The van der Waals surface area contributed by atoms with Gasteiger partial charge in [-0.25, -0.2) is 0 Å². The van der Waals surface area contributed by atoms with Crippen molar-refractivity contribution in [1.29, 1.82) is 5.26 Å². The van der Waals surface area contributed by atoms with Crippen LogP contribution in [0.15, 0.2) is 91.1 Å². The third kappa shape index (κ3) is 4.58. The van der Waals surface area contributed by atoms with Crippen LogP contribution in [0.2, 0.25) is 0 Å². The van der Waals surface area contributed by atoms with Crippen LogP contribution in [0.5, 0.6) is 0 Å². The summed E-state index contributed by atoms with van der Waals surface area (Å²) in [6.45, 7) is 3.85. The first-order valence-electron chi connectivity index (χ1n) is 10.5. The van der Waals surface area contributed by atoms with Gasteiger partial charge >= 0.3 is 0 Å². The maximum atomic E-state index is 12.9. The topological polar surface area (TPSA) is 65.8 Å². The predicted molar refractivity (Wildman–Crippen MR) is 128 cm³/mol. The van der Waals surface area contributed by atoms with Gasteiger partial charge in [0.1, 0.15) is 0 Å². The van der Waals surface area contributed by atoms with Crippen LogP contribution in [0.3, 0.4) is 0 Å². The number of benzene rings is 3. The number of nitriles is 1. The molecule has 4 aromatic rings. The molecule has 0 aliphatic rings. The van der Waals surface area contributed by atoms with Gasteiger partial charge in [0.05, 0.1) is 17.6 Å². The second-order valence-corrected chi connectivity index (χ2v) is 7.76. The average molecular weight is 418 g/mol. The third-order valence-electron chi connectivity index (χ3n) is 5.52. The molecule has 1 unspecified atom stereocenters. The Hall–Kier alpha value is -4.23. The number of aromatic nitrogens is 1. The minimum Gasteiger partial charge on any atom is -0.326 e. The van der Waals surface area contributed by atoms with Crippen molar-refractivity contribution < 1.29 is 4.79 Å². The lowest BCUT2D eigenvalue weighted by atomic mass is 9.94. The van der Waals surface area contributed by atoms with Gasteiger partial charge in [0.15, 0.2) is 0 Å². The van der Waals surface area contributed by atoms with Crippen molar-refractivity contribution >= 4 is 11.6 Å². The highest BCUT2D eigenvalue weighted by Crippen LogP contribution is 2.28. The van der Waals surface area contributed by atoms with Crippen molar-refractivity contribution in [2.45, 2.75) is 19.8 Å². The predicted octanol–water partition coefficient (Wildman–Crippen LogP) is 6.34. The van der Waals surface area contributed by atoms with E-state index < -0.39 is 0 Å². The van der Waals surface area contributed by atoms with E-state index in [0.717, 1.165) is 39.2 Å². The van der Waals surface area contributed by atoms with Crippen LogP contribution in [0, 0.1) is 18.3 Å². The first-order chi connectivity index (χ1) is 15.5. The van der Waals surface area contributed by atoms with Crippen molar-refractivity contribution in [3.05, 3.63) is 108 Å². The molecular formula is C28H23N3O. The Morgan fingerprint density at radius 2 is 1.69 bits per heavy atom. The van der Waals surface area contributed by atoms with Gasteiger partial charge in [-0.2, -0.15) is 5.26 Å². The van der Waals surface area contributed by atoms with Crippen LogP contribution in [0.1, 0.15) is 29.7 Å². The number of aryl methyl sites for hydroxylation is 1. The Morgan fingerprint density at radius 3 is 2.44 bits per heavy atom.